The highest BCUT2D eigenvalue weighted by molar-refractivity contribution is 7.98. The molecule has 0 fully saturated rings. The molecule has 0 spiro atoms. The minimum absolute atomic E-state index is 0.214. The van der Waals surface area contributed by atoms with E-state index in [9.17, 15) is 0 Å². The predicted molar refractivity (Wildman–Crippen MR) is 122 cm³/mol. The molecule has 2 aromatic rings. The van der Waals surface area contributed by atoms with Crippen molar-refractivity contribution in [2.75, 3.05) is 27.1 Å². The fourth-order valence-corrected chi connectivity index (χ4v) is 4.77. The second-order valence-electron chi connectivity index (χ2n) is 8.80. The van der Waals surface area contributed by atoms with Crippen LogP contribution < -0.4 is 4.74 Å². The van der Waals surface area contributed by atoms with Gasteiger partial charge in [-0.15, -0.1) is 5.10 Å². The number of hydrogen-bond acceptors (Lipinski definition) is 9. The Morgan fingerprint density at radius 1 is 1.23 bits per heavy atom. The zero-order valence-electron chi connectivity index (χ0n) is 19.3. The standard InChI is InChI=1S/C19H30ClN5O4SSi/c1-18(19(2,26-3)27-4)14-13(12-15(20)21-17(30-5)22-16(12)29-18)23-24-25(14)11-28-9-10-31(6,7)8/h9-11H2,1-8H3. The number of fused-ring (bicyclic) bond motifs is 3. The number of rotatable bonds is 9. The van der Waals surface area contributed by atoms with E-state index in [1.54, 1.807) is 25.8 Å². The van der Waals surface area contributed by atoms with E-state index in [1.165, 1.54) is 11.8 Å². The summed E-state index contributed by atoms with van der Waals surface area (Å²) >= 11 is 7.87. The summed E-state index contributed by atoms with van der Waals surface area (Å²) in [7, 11) is 1.91. The molecule has 1 aliphatic rings. The SMILES string of the molecule is COC(C)(OC)C1(C)Oc2nc(SC)nc(Cl)c2-c2nnn(COCC[Si](C)(C)C)c21. The molecule has 2 aromatic heterocycles. The number of aromatic nitrogens is 5. The predicted octanol–water partition coefficient (Wildman–Crippen LogP) is 4.04. The molecule has 0 aliphatic carbocycles. The van der Waals surface area contributed by atoms with Gasteiger partial charge in [0.2, 0.25) is 17.3 Å². The molecular weight excluding hydrogens is 458 g/mol. The van der Waals surface area contributed by atoms with Crippen molar-refractivity contribution in [2.45, 2.75) is 62.8 Å². The summed E-state index contributed by atoms with van der Waals surface area (Å²) in [5, 5.41) is 9.48. The summed E-state index contributed by atoms with van der Waals surface area (Å²) in [5.41, 5.74) is 0.504. The highest BCUT2D eigenvalue weighted by Crippen LogP contribution is 2.51. The maximum atomic E-state index is 6.50. The van der Waals surface area contributed by atoms with Gasteiger partial charge in [-0.3, -0.25) is 0 Å². The Hall–Kier alpha value is -1.24. The number of hydrogen-bond donors (Lipinski definition) is 0. The Balaban J connectivity index is 2.09. The summed E-state index contributed by atoms with van der Waals surface area (Å²) < 4.78 is 25.5. The van der Waals surface area contributed by atoms with Crippen LogP contribution in [0.2, 0.25) is 30.8 Å². The van der Waals surface area contributed by atoms with Gasteiger partial charge in [0.15, 0.2) is 5.16 Å². The van der Waals surface area contributed by atoms with Gasteiger partial charge >= 0.3 is 0 Å². The molecule has 9 nitrogen and oxygen atoms in total. The second kappa shape index (κ2) is 8.95. The zero-order valence-corrected chi connectivity index (χ0v) is 21.8. The second-order valence-corrected chi connectivity index (χ2v) is 15.6. The highest BCUT2D eigenvalue weighted by Gasteiger charge is 2.57. The Kier molecular flexibility index (Phi) is 7.04. The molecule has 0 aromatic carbocycles. The van der Waals surface area contributed by atoms with Gasteiger partial charge in [0.1, 0.15) is 28.8 Å². The summed E-state index contributed by atoms with van der Waals surface area (Å²) in [4.78, 5) is 8.85. The van der Waals surface area contributed by atoms with Gasteiger partial charge in [0.05, 0.1) is 0 Å². The minimum atomic E-state index is -1.21. The fraction of sp³-hybridized carbons (Fsp3) is 0.684. The summed E-state index contributed by atoms with van der Waals surface area (Å²) in [6.07, 6.45) is 1.87. The largest absolute Gasteiger partial charge is 0.458 e. The highest BCUT2D eigenvalue weighted by atomic mass is 35.5. The van der Waals surface area contributed by atoms with Crippen LogP contribution >= 0.6 is 23.4 Å². The van der Waals surface area contributed by atoms with Crippen LogP contribution in [0.5, 0.6) is 5.88 Å². The van der Waals surface area contributed by atoms with Crippen molar-refractivity contribution in [1.29, 1.82) is 0 Å². The lowest BCUT2D eigenvalue weighted by Gasteiger charge is -2.45. The fourth-order valence-electron chi connectivity index (χ4n) is 3.36. The van der Waals surface area contributed by atoms with E-state index in [1.807, 2.05) is 13.2 Å². The molecule has 12 heteroatoms. The molecule has 1 unspecified atom stereocenters. The summed E-state index contributed by atoms with van der Waals surface area (Å²) in [6.45, 7) is 11.4. The van der Waals surface area contributed by atoms with Gasteiger partial charge in [-0.05, 0) is 26.1 Å². The van der Waals surface area contributed by atoms with Crippen LogP contribution in [0.25, 0.3) is 11.3 Å². The molecular formula is C19H30ClN5O4SSi. The maximum Gasteiger partial charge on any atom is 0.229 e. The minimum Gasteiger partial charge on any atom is -0.458 e. The Morgan fingerprint density at radius 3 is 2.48 bits per heavy atom. The number of halogens is 1. The molecule has 1 atom stereocenters. The van der Waals surface area contributed by atoms with Crippen molar-refractivity contribution in [3.8, 4) is 17.1 Å². The molecule has 1 aliphatic heterocycles. The topological polar surface area (TPSA) is 93.4 Å². The van der Waals surface area contributed by atoms with E-state index in [2.05, 4.69) is 39.9 Å². The Bertz CT molecular complexity index is 950. The molecule has 0 bridgehead atoms. The van der Waals surface area contributed by atoms with Gasteiger partial charge in [0.25, 0.3) is 0 Å². The lowest BCUT2D eigenvalue weighted by molar-refractivity contribution is -0.285. The molecule has 31 heavy (non-hydrogen) atoms. The number of ether oxygens (including phenoxy) is 4. The van der Waals surface area contributed by atoms with Gasteiger partial charge in [-0.1, -0.05) is 48.2 Å². The van der Waals surface area contributed by atoms with Crippen LogP contribution in [0.1, 0.15) is 19.5 Å². The van der Waals surface area contributed by atoms with Crippen LogP contribution in [0.4, 0.5) is 0 Å². The van der Waals surface area contributed by atoms with Crippen molar-refractivity contribution in [3.05, 3.63) is 10.8 Å². The third-order valence-corrected chi connectivity index (χ3v) is 8.10. The van der Waals surface area contributed by atoms with Crippen LogP contribution in [-0.2, 0) is 26.5 Å². The van der Waals surface area contributed by atoms with Crippen LogP contribution in [0.3, 0.4) is 0 Å². The first-order valence-corrected chi connectivity index (χ1v) is 15.2. The average Bonchev–Trinajstić information content (AvgIpc) is 3.14. The van der Waals surface area contributed by atoms with Gasteiger partial charge < -0.3 is 18.9 Å². The first-order chi connectivity index (χ1) is 14.5. The molecule has 0 saturated heterocycles. The van der Waals surface area contributed by atoms with E-state index in [-0.39, 0.29) is 11.9 Å². The van der Waals surface area contributed by atoms with Crippen LogP contribution in [-0.4, -0.2) is 65.9 Å². The maximum absolute atomic E-state index is 6.50. The number of thioether (sulfide) groups is 1. The lowest BCUT2D eigenvalue weighted by Crippen LogP contribution is -2.56. The van der Waals surface area contributed by atoms with Gasteiger partial charge in [-0.2, -0.15) is 4.98 Å². The van der Waals surface area contributed by atoms with Crippen molar-refractivity contribution in [2.24, 2.45) is 0 Å². The first-order valence-electron chi connectivity index (χ1n) is 9.92. The van der Waals surface area contributed by atoms with Gasteiger partial charge in [0, 0.05) is 28.9 Å². The summed E-state index contributed by atoms with van der Waals surface area (Å²) in [6, 6.07) is 1.05. The van der Waals surface area contributed by atoms with Crippen molar-refractivity contribution >= 4 is 31.4 Å². The smallest absolute Gasteiger partial charge is 0.229 e. The van der Waals surface area contributed by atoms with Crippen molar-refractivity contribution in [3.63, 3.8) is 0 Å². The van der Waals surface area contributed by atoms with Crippen molar-refractivity contribution < 1.29 is 18.9 Å². The van der Waals surface area contributed by atoms with Crippen LogP contribution in [0.15, 0.2) is 5.16 Å². The molecule has 172 valence electrons. The van der Waals surface area contributed by atoms with E-state index >= 15 is 0 Å². The quantitative estimate of drug-likeness (QED) is 0.130. The van der Waals surface area contributed by atoms with Crippen LogP contribution in [0, 0.1) is 0 Å². The van der Waals surface area contributed by atoms with E-state index in [0.29, 0.717) is 34.6 Å². The molecule has 3 heterocycles. The van der Waals surface area contributed by atoms with E-state index in [0.717, 1.165) is 6.04 Å². The molecule has 0 saturated carbocycles. The Labute approximate surface area is 193 Å². The Morgan fingerprint density at radius 2 is 1.90 bits per heavy atom. The molecule has 0 N–H and O–H groups in total. The summed E-state index contributed by atoms with van der Waals surface area (Å²) in [5.74, 6) is -0.861. The third-order valence-electron chi connectivity index (χ3n) is 5.57. The first kappa shape index (κ1) is 24.4. The average molecular weight is 488 g/mol. The third kappa shape index (κ3) is 4.48. The number of methoxy groups -OCH3 is 2. The molecule has 0 radical (unpaired) electrons. The van der Waals surface area contributed by atoms with Gasteiger partial charge in [-0.25, -0.2) is 9.67 Å². The molecule has 3 rings (SSSR count). The lowest BCUT2D eigenvalue weighted by atomic mass is 9.87. The monoisotopic (exact) mass is 487 g/mol. The number of nitrogens with zero attached hydrogens (tertiary/aromatic N) is 5. The van der Waals surface area contributed by atoms with E-state index < -0.39 is 19.5 Å². The van der Waals surface area contributed by atoms with E-state index in [4.69, 9.17) is 30.5 Å². The van der Waals surface area contributed by atoms with Crippen molar-refractivity contribution in [1.82, 2.24) is 25.0 Å². The zero-order chi connectivity index (χ0) is 23.0. The molecule has 0 amide bonds. The normalized spacial score (nSPS) is 18.5.